The Bertz CT molecular complexity index is 300. The molecule has 0 aromatic carbocycles. The Labute approximate surface area is 115 Å². The van der Waals surface area contributed by atoms with Gasteiger partial charge in [-0.1, -0.05) is 19.3 Å². The minimum Gasteiger partial charge on any atom is -0.481 e. The molecule has 0 aromatic rings. The Morgan fingerprint density at radius 2 is 2.05 bits per heavy atom. The van der Waals surface area contributed by atoms with Gasteiger partial charge < -0.3 is 15.6 Å². The summed E-state index contributed by atoms with van der Waals surface area (Å²) in [4.78, 5) is 11.3. The van der Waals surface area contributed by atoms with Gasteiger partial charge in [0.2, 0.25) is 0 Å². The van der Waals surface area contributed by atoms with Crippen LogP contribution >= 0.6 is 0 Å². The number of ether oxygens (including phenoxy) is 1. The number of nitrogens with two attached hydrogens (primary N) is 1. The predicted octanol–water partition coefficient (Wildman–Crippen LogP) is 2.70. The SMILES string of the molecule is NCCCC(CC1CCC2(CCCCC2)O1)C(=O)O. The molecule has 1 aliphatic carbocycles. The van der Waals surface area contributed by atoms with Crippen LogP contribution < -0.4 is 5.73 Å². The maximum Gasteiger partial charge on any atom is 0.306 e. The third kappa shape index (κ3) is 3.93. The number of carboxylic acid groups (broad SMARTS) is 1. The highest BCUT2D eigenvalue weighted by Crippen LogP contribution is 2.43. The largest absolute Gasteiger partial charge is 0.481 e. The van der Waals surface area contributed by atoms with Crippen molar-refractivity contribution in [2.45, 2.75) is 75.9 Å². The van der Waals surface area contributed by atoms with Gasteiger partial charge in [-0.25, -0.2) is 0 Å². The van der Waals surface area contributed by atoms with Gasteiger partial charge in [0.05, 0.1) is 17.6 Å². The summed E-state index contributed by atoms with van der Waals surface area (Å²) in [6.07, 6.45) is 10.6. The Morgan fingerprint density at radius 1 is 1.32 bits per heavy atom. The summed E-state index contributed by atoms with van der Waals surface area (Å²) >= 11 is 0. The van der Waals surface area contributed by atoms with Gasteiger partial charge in [0.1, 0.15) is 0 Å². The van der Waals surface area contributed by atoms with Gasteiger partial charge in [-0.2, -0.15) is 0 Å². The van der Waals surface area contributed by atoms with Crippen LogP contribution in [-0.2, 0) is 9.53 Å². The third-order valence-electron chi connectivity index (χ3n) is 4.76. The van der Waals surface area contributed by atoms with Gasteiger partial charge in [-0.3, -0.25) is 4.79 Å². The molecule has 1 heterocycles. The molecule has 2 atom stereocenters. The van der Waals surface area contributed by atoms with Crippen LogP contribution in [0.1, 0.15) is 64.2 Å². The zero-order chi connectivity index (χ0) is 13.7. The number of hydrogen-bond acceptors (Lipinski definition) is 3. The van der Waals surface area contributed by atoms with Crippen molar-refractivity contribution in [1.82, 2.24) is 0 Å². The Morgan fingerprint density at radius 3 is 2.68 bits per heavy atom. The first kappa shape index (κ1) is 14.8. The van der Waals surface area contributed by atoms with Crippen molar-refractivity contribution in [3.8, 4) is 0 Å². The summed E-state index contributed by atoms with van der Waals surface area (Å²) in [7, 11) is 0. The lowest BCUT2D eigenvalue weighted by Crippen LogP contribution is -2.32. The molecule has 0 amide bonds. The van der Waals surface area contributed by atoms with E-state index in [9.17, 15) is 9.90 Å². The molecule has 4 heteroatoms. The molecule has 2 rings (SSSR count). The molecule has 0 aromatic heterocycles. The van der Waals surface area contributed by atoms with E-state index in [2.05, 4.69) is 0 Å². The minimum absolute atomic E-state index is 0.0971. The molecular formula is C15H27NO3. The molecule has 2 aliphatic rings. The highest BCUT2D eigenvalue weighted by Gasteiger charge is 2.41. The molecule has 1 saturated carbocycles. The Kier molecular flexibility index (Phi) is 5.22. The van der Waals surface area contributed by atoms with Crippen LogP contribution in [0.5, 0.6) is 0 Å². The molecule has 1 saturated heterocycles. The van der Waals surface area contributed by atoms with Gasteiger partial charge in [-0.15, -0.1) is 0 Å². The molecule has 4 nitrogen and oxygen atoms in total. The first-order valence-electron chi connectivity index (χ1n) is 7.76. The van der Waals surface area contributed by atoms with Gasteiger partial charge >= 0.3 is 5.97 Å². The fourth-order valence-corrected chi connectivity index (χ4v) is 3.65. The first-order chi connectivity index (χ1) is 9.15. The summed E-state index contributed by atoms with van der Waals surface area (Å²) in [5, 5.41) is 9.27. The van der Waals surface area contributed by atoms with Crippen LogP contribution in [0.2, 0.25) is 0 Å². The van der Waals surface area contributed by atoms with Crippen molar-refractivity contribution in [2.75, 3.05) is 6.54 Å². The van der Waals surface area contributed by atoms with E-state index in [1.807, 2.05) is 0 Å². The van der Waals surface area contributed by atoms with Crippen LogP contribution in [-0.4, -0.2) is 29.3 Å². The third-order valence-corrected chi connectivity index (χ3v) is 4.76. The lowest BCUT2D eigenvalue weighted by atomic mass is 9.83. The normalized spacial score (nSPS) is 27.5. The maximum atomic E-state index is 11.3. The van der Waals surface area contributed by atoms with Gasteiger partial charge in [0.15, 0.2) is 0 Å². The summed E-state index contributed by atoms with van der Waals surface area (Å²) in [6.45, 7) is 0.569. The monoisotopic (exact) mass is 269 g/mol. The second-order valence-electron chi connectivity index (χ2n) is 6.22. The molecule has 0 radical (unpaired) electrons. The minimum atomic E-state index is -0.693. The van der Waals surface area contributed by atoms with E-state index in [4.69, 9.17) is 10.5 Å². The average molecular weight is 269 g/mol. The maximum absolute atomic E-state index is 11.3. The van der Waals surface area contributed by atoms with Crippen LogP contribution in [0, 0.1) is 5.92 Å². The highest BCUT2D eigenvalue weighted by molar-refractivity contribution is 5.69. The highest BCUT2D eigenvalue weighted by atomic mass is 16.5. The Hall–Kier alpha value is -0.610. The van der Waals surface area contributed by atoms with E-state index in [0.29, 0.717) is 19.4 Å². The van der Waals surface area contributed by atoms with Crippen LogP contribution in [0.15, 0.2) is 0 Å². The van der Waals surface area contributed by atoms with Crippen LogP contribution in [0.25, 0.3) is 0 Å². The fourth-order valence-electron chi connectivity index (χ4n) is 3.65. The molecule has 19 heavy (non-hydrogen) atoms. The average Bonchev–Trinajstić information content (AvgIpc) is 2.78. The molecule has 2 fully saturated rings. The summed E-state index contributed by atoms with van der Waals surface area (Å²) < 4.78 is 6.26. The molecule has 0 bridgehead atoms. The topological polar surface area (TPSA) is 72.5 Å². The quantitative estimate of drug-likeness (QED) is 0.777. The molecule has 3 N–H and O–H groups in total. The lowest BCUT2D eigenvalue weighted by molar-refractivity contribution is -0.144. The smallest absolute Gasteiger partial charge is 0.306 e. The number of carbonyl (C=O) groups is 1. The standard InChI is InChI=1S/C15H27NO3/c16-10-4-5-12(14(17)18)11-13-6-9-15(19-13)7-2-1-3-8-15/h12-13H,1-11,16H2,(H,17,18). The van der Waals surface area contributed by atoms with E-state index >= 15 is 0 Å². The van der Waals surface area contributed by atoms with Gasteiger partial charge in [0, 0.05) is 0 Å². The van der Waals surface area contributed by atoms with Crippen molar-refractivity contribution >= 4 is 5.97 Å². The van der Waals surface area contributed by atoms with Crippen LogP contribution in [0.3, 0.4) is 0 Å². The molecule has 1 aliphatic heterocycles. The Balaban J connectivity index is 1.83. The molecule has 110 valence electrons. The number of rotatable bonds is 6. The zero-order valence-corrected chi connectivity index (χ0v) is 11.8. The first-order valence-corrected chi connectivity index (χ1v) is 7.76. The van der Waals surface area contributed by atoms with Crippen molar-refractivity contribution < 1.29 is 14.6 Å². The van der Waals surface area contributed by atoms with Gasteiger partial charge in [0.25, 0.3) is 0 Å². The van der Waals surface area contributed by atoms with Crippen LogP contribution in [0.4, 0.5) is 0 Å². The summed E-state index contributed by atoms with van der Waals surface area (Å²) in [5.41, 5.74) is 5.57. The van der Waals surface area contributed by atoms with Gasteiger partial charge in [-0.05, 0) is 51.5 Å². The summed E-state index contributed by atoms with van der Waals surface area (Å²) in [5.74, 6) is -0.978. The van der Waals surface area contributed by atoms with Crippen molar-refractivity contribution in [2.24, 2.45) is 11.7 Å². The molecule has 1 spiro atoms. The van der Waals surface area contributed by atoms with E-state index in [0.717, 1.165) is 19.3 Å². The van der Waals surface area contributed by atoms with E-state index in [1.54, 1.807) is 0 Å². The molecule has 2 unspecified atom stereocenters. The van der Waals surface area contributed by atoms with Crippen molar-refractivity contribution in [3.05, 3.63) is 0 Å². The van der Waals surface area contributed by atoms with E-state index in [1.165, 1.54) is 32.1 Å². The summed E-state index contributed by atoms with van der Waals surface area (Å²) in [6, 6.07) is 0. The second-order valence-corrected chi connectivity index (χ2v) is 6.22. The van der Waals surface area contributed by atoms with Crippen molar-refractivity contribution in [1.29, 1.82) is 0 Å². The number of hydrogen-bond donors (Lipinski definition) is 2. The zero-order valence-electron chi connectivity index (χ0n) is 11.8. The fraction of sp³-hybridized carbons (Fsp3) is 0.933. The lowest BCUT2D eigenvalue weighted by Gasteiger charge is -2.33. The predicted molar refractivity (Wildman–Crippen MR) is 74.0 cm³/mol. The number of aliphatic carboxylic acids is 1. The van der Waals surface area contributed by atoms with E-state index < -0.39 is 5.97 Å². The molecular weight excluding hydrogens is 242 g/mol. The number of carboxylic acids is 1. The van der Waals surface area contributed by atoms with E-state index in [-0.39, 0.29) is 17.6 Å². The van der Waals surface area contributed by atoms with Crippen molar-refractivity contribution in [3.63, 3.8) is 0 Å². The second kappa shape index (κ2) is 6.71.